The van der Waals surface area contributed by atoms with E-state index in [-0.39, 0.29) is 18.3 Å². The third-order valence-corrected chi connectivity index (χ3v) is 3.50. The summed E-state index contributed by atoms with van der Waals surface area (Å²) < 4.78 is 8.65. The first-order valence-electron chi connectivity index (χ1n) is 5.37. The van der Waals surface area contributed by atoms with Crippen LogP contribution in [-0.4, -0.2) is 28.9 Å². The van der Waals surface area contributed by atoms with E-state index in [0.717, 1.165) is 17.7 Å². The van der Waals surface area contributed by atoms with E-state index in [1.54, 1.807) is 6.07 Å². The lowest BCUT2D eigenvalue weighted by Crippen LogP contribution is -2.38. The minimum absolute atomic E-state index is 0.212. The Hall–Kier alpha value is -1.43. The molecule has 0 unspecified atom stereocenters. The highest BCUT2D eigenvalue weighted by Gasteiger charge is 2.46. The van der Waals surface area contributed by atoms with Gasteiger partial charge in [-0.2, -0.15) is 4.37 Å². The molecule has 6 heteroatoms. The molecule has 1 aromatic heterocycles. The highest BCUT2D eigenvalue weighted by Crippen LogP contribution is 2.39. The highest BCUT2D eigenvalue weighted by molar-refractivity contribution is 7.05. The average Bonchev–Trinajstić information content (AvgIpc) is 2.88. The normalized spacial score (nSPS) is 16.4. The van der Waals surface area contributed by atoms with Gasteiger partial charge in [0.25, 0.3) is 5.91 Å². The number of carbonyl (C=O) groups is 2. The van der Waals surface area contributed by atoms with Crippen molar-refractivity contribution in [2.45, 2.75) is 31.7 Å². The maximum absolute atomic E-state index is 11.9. The van der Waals surface area contributed by atoms with Gasteiger partial charge < -0.3 is 10.1 Å². The molecule has 0 bridgehead atoms. The Bertz CT molecular complexity index is 451. The fourth-order valence-electron chi connectivity index (χ4n) is 1.62. The molecule has 0 aliphatic heterocycles. The Morgan fingerprint density at radius 2 is 2.29 bits per heavy atom. The topological polar surface area (TPSA) is 68.3 Å². The van der Waals surface area contributed by atoms with Gasteiger partial charge in [-0.25, -0.2) is 0 Å². The lowest BCUT2D eigenvalue weighted by Gasteiger charge is -2.14. The second-order valence-electron chi connectivity index (χ2n) is 4.31. The van der Waals surface area contributed by atoms with Crippen molar-refractivity contribution in [3.05, 3.63) is 16.6 Å². The number of nitrogens with zero attached hydrogens (tertiary/aromatic N) is 1. The van der Waals surface area contributed by atoms with Crippen molar-refractivity contribution in [2.24, 2.45) is 0 Å². The van der Waals surface area contributed by atoms with Gasteiger partial charge in [-0.3, -0.25) is 9.59 Å². The van der Waals surface area contributed by atoms with Crippen molar-refractivity contribution < 1.29 is 14.3 Å². The minimum atomic E-state index is -0.401. The van der Waals surface area contributed by atoms with E-state index < -0.39 is 5.54 Å². The van der Waals surface area contributed by atoms with Crippen LogP contribution in [0, 0.1) is 6.92 Å². The van der Waals surface area contributed by atoms with Crippen LogP contribution in [0.1, 0.15) is 34.6 Å². The van der Waals surface area contributed by atoms with Gasteiger partial charge in [-0.1, -0.05) is 0 Å². The first-order chi connectivity index (χ1) is 8.04. The maximum atomic E-state index is 11.9. The quantitative estimate of drug-likeness (QED) is 0.822. The summed E-state index contributed by atoms with van der Waals surface area (Å²) in [4.78, 5) is 24.1. The Balaban J connectivity index is 1.97. The molecule has 1 heterocycles. The smallest absolute Gasteiger partial charge is 0.307 e. The lowest BCUT2D eigenvalue weighted by atomic mass is 10.1. The number of methoxy groups -OCH3 is 1. The van der Waals surface area contributed by atoms with Gasteiger partial charge >= 0.3 is 5.97 Å². The van der Waals surface area contributed by atoms with E-state index in [0.29, 0.717) is 5.69 Å². The molecule has 1 saturated carbocycles. The van der Waals surface area contributed by atoms with Crippen LogP contribution in [0.15, 0.2) is 6.07 Å². The third kappa shape index (κ3) is 2.82. The van der Waals surface area contributed by atoms with E-state index in [1.165, 1.54) is 18.6 Å². The Labute approximate surface area is 103 Å². The Morgan fingerprint density at radius 1 is 1.59 bits per heavy atom. The summed E-state index contributed by atoms with van der Waals surface area (Å²) >= 11 is 1.30. The van der Waals surface area contributed by atoms with Crippen molar-refractivity contribution in [2.75, 3.05) is 7.11 Å². The molecule has 5 nitrogen and oxygen atoms in total. The predicted octanol–water partition coefficient (Wildman–Crippen LogP) is 1.28. The molecule has 1 aliphatic carbocycles. The standard InChI is InChI=1S/C11H14N2O3S/c1-7-5-8(13-17-7)10(15)12-11(3-4-11)6-9(14)16-2/h5H,3-4,6H2,1-2H3,(H,12,15). The van der Waals surface area contributed by atoms with Gasteiger partial charge in [0, 0.05) is 4.88 Å². The van der Waals surface area contributed by atoms with Crippen molar-refractivity contribution in [3.63, 3.8) is 0 Å². The molecule has 1 N–H and O–H groups in total. The minimum Gasteiger partial charge on any atom is -0.469 e. The fraction of sp³-hybridized carbons (Fsp3) is 0.545. The molecule has 1 aromatic rings. The molecule has 1 fully saturated rings. The summed E-state index contributed by atoms with van der Waals surface area (Å²) in [5.74, 6) is -0.506. The highest BCUT2D eigenvalue weighted by atomic mass is 32.1. The number of hydrogen-bond acceptors (Lipinski definition) is 5. The van der Waals surface area contributed by atoms with E-state index in [2.05, 4.69) is 14.4 Å². The second kappa shape index (κ2) is 4.44. The first kappa shape index (κ1) is 12.0. The van der Waals surface area contributed by atoms with Crippen LogP contribution >= 0.6 is 11.5 Å². The molecule has 0 aromatic carbocycles. The number of nitrogens with one attached hydrogen (secondary N) is 1. The molecule has 92 valence electrons. The number of hydrogen-bond donors (Lipinski definition) is 1. The maximum Gasteiger partial charge on any atom is 0.307 e. The molecule has 2 rings (SSSR count). The molecule has 0 spiro atoms. The van der Waals surface area contributed by atoms with Crippen LogP contribution < -0.4 is 5.32 Å². The SMILES string of the molecule is COC(=O)CC1(NC(=O)c2cc(C)sn2)CC1. The summed E-state index contributed by atoms with van der Waals surface area (Å²) in [6, 6.07) is 1.74. The summed E-state index contributed by atoms with van der Waals surface area (Å²) in [6.45, 7) is 1.90. The third-order valence-electron chi connectivity index (χ3n) is 2.80. The average molecular weight is 254 g/mol. The monoisotopic (exact) mass is 254 g/mol. The van der Waals surface area contributed by atoms with Crippen LogP contribution in [0.2, 0.25) is 0 Å². The number of amides is 1. The van der Waals surface area contributed by atoms with Gasteiger partial charge in [0.2, 0.25) is 0 Å². The van der Waals surface area contributed by atoms with E-state index in [1.807, 2.05) is 6.92 Å². The van der Waals surface area contributed by atoms with Gasteiger partial charge in [0.1, 0.15) is 5.69 Å². The van der Waals surface area contributed by atoms with Crippen molar-refractivity contribution in [1.82, 2.24) is 9.69 Å². The van der Waals surface area contributed by atoms with Crippen LogP contribution in [-0.2, 0) is 9.53 Å². The zero-order chi connectivity index (χ0) is 12.5. The number of esters is 1. The van der Waals surface area contributed by atoms with Crippen molar-refractivity contribution in [3.8, 4) is 0 Å². The molecule has 0 saturated heterocycles. The van der Waals surface area contributed by atoms with Crippen LogP contribution in [0.5, 0.6) is 0 Å². The molecule has 1 amide bonds. The molecular formula is C11H14N2O3S. The first-order valence-corrected chi connectivity index (χ1v) is 6.15. The molecule has 1 aliphatic rings. The summed E-state index contributed by atoms with van der Waals surface area (Å²) in [6.07, 6.45) is 1.87. The molecule has 0 atom stereocenters. The summed E-state index contributed by atoms with van der Waals surface area (Å²) in [7, 11) is 1.35. The van der Waals surface area contributed by atoms with Crippen LogP contribution in [0.3, 0.4) is 0 Å². The van der Waals surface area contributed by atoms with E-state index in [4.69, 9.17) is 0 Å². The van der Waals surface area contributed by atoms with Crippen molar-refractivity contribution >= 4 is 23.4 Å². The second-order valence-corrected chi connectivity index (χ2v) is 5.32. The van der Waals surface area contributed by atoms with E-state index >= 15 is 0 Å². The van der Waals surface area contributed by atoms with E-state index in [9.17, 15) is 9.59 Å². The van der Waals surface area contributed by atoms with Gasteiger partial charge in [0.05, 0.1) is 19.1 Å². The lowest BCUT2D eigenvalue weighted by molar-refractivity contribution is -0.141. The van der Waals surface area contributed by atoms with Crippen LogP contribution in [0.4, 0.5) is 0 Å². The van der Waals surface area contributed by atoms with Gasteiger partial charge in [-0.05, 0) is 37.4 Å². The zero-order valence-corrected chi connectivity index (χ0v) is 10.6. The zero-order valence-electron chi connectivity index (χ0n) is 9.78. The predicted molar refractivity (Wildman–Crippen MR) is 62.9 cm³/mol. The van der Waals surface area contributed by atoms with Crippen molar-refractivity contribution in [1.29, 1.82) is 0 Å². The number of ether oxygens (including phenoxy) is 1. The number of aromatic nitrogens is 1. The fourth-order valence-corrected chi connectivity index (χ4v) is 2.17. The largest absolute Gasteiger partial charge is 0.469 e. The van der Waals surface area contributed by atoms with Gasteiger partial charge in [-0.15, -0.1) is 0 Å². The summed E-state index contributed by atoms with van der Waals surface area (Å²) in [5.41, 5.74) is 0.0189. The Kier molecular flexibility index (Phi) is 3.15. The molecule has 0 radical (unpaired) electrons. The van der Waals surface area contributed by atoms with Crippen LogP contribution in [0.25, 0.3) is 0 Å². The number of carbonyl (C=O) groups excluding carboxylic acids is 2. The van der Waals surface area contributed by atoms with Gasteiger partial charge in [0.15, 0.2) is 0 Å². The summed E-state index contributed by atoms with van der Waals surface area (Å²) in [5, 5.41) is 2.87. The molecule has 17 heavy (non-hydrogen) atoms. The Morgan fingerprint density at radius 3 is 2.76 bits per heavy atom. The molecular weight excluding hydrogens is 240 g/mol. The number of aryl methyl sites for hydroxylation is 1. The number of rotatable bonds is 4.